The SMILES string of the molecule is CCC(C)NCC(=O)N(CCO)C1CCN(C)CC1. The van der Waals surface area contributed by atoms with Gasteiger partial charge in [-0.2, -0.15) is 0 Å². The van der Waals surface area contributed by atoms with Gasteiger partial charge in [-0.05, 0) is 46.3 Å². The summed E-state index contributed by atoms with van der Waals surface area (Å²) in [5.74, 6) is 0.115. The lowest BCUT2D eigenvalue weighted by molar-refractivity contribution is -0.134. The van der Waals surface area contributed by atoms with Crippen LogP contribution in [-0.4, -0.2) is 72.7 Å². The maximum atomic E-state index is 12.3. The molecule has 0 radical (unpaired) electrons. The van der Waals surface area contributed by atoms with E-state index in [1.54, 1.807) is 0 Å². The number of nitrogens with zero attached hydrogens (tertiary/aromatic N) is 2. The van der Waals surface area contributed by atoms with Crippen LogP contribution < -0.4 is 5.32 Å². The lowest BCUT2D eigenvalue weighted by Crippen LogP contribution is -2.50. The Morgan fingerprint density at radius 1 is 1.47 bits per heavy atom. The number of hydrogen-bond donors (Lipinski definition) is 2. The van der Waals surface area contributed by atoms with Gasteiger partial charge in [-0.3, -0.25) is 4.79 Å². The fourth-order valence-corrected chi connectivity index (χ4v) is 2.43. The number of carbonyl (C=O) groups is 1. The van der Waals surface area contributed by atoms with Crippen LogP contribution in [0.4, 0.5) is 0 Å². The summed E-state index contributed by atoms with van der Waals surface area (Å²) in [6.07, 6.45) is 3.03. The van der Waals surface area contributed by atoms with E-state index in [0.717, 1.165) is 32.4 Å². The molecule has 19 heavy (non-hydrogen) atoms. The van der Waals surface area contributed by atoms with Crippen LogP contribution in [0.25, 0.3) is 0 Å². The molecule has 112 valence electrons. The molecular formula is C14H29N3O2. The molecule has 0 saturated carbocycles. The van der Waals surface area contributed by atoms with Crippen molar-refractivity contribution in [1.82, 2.24) is 15.1 Å². The van der Waals surface area contributed by atoms with Crippen LogP contribution in [0.5, 0.6) is 0 Å². The zero-order chi connectivity index (χ0) is 14.3. The van der Waals surface area contributed by atoms with E-state index < -0.39 is 0 Å². The highest BCUT2D eigenvalue weighted by Gasteiger charge is 2.26. The summed E-state index contributed by atoms with van der Waals surface area (Å²) in [6, 6.07) is 0.645. The molecule has 5 nitrogen and oxygen atoms in total. The minimum atomic E-state index is 0.0431. The Balaban J connectivity index is 2.48. The van der Waals surface area contributed by atoms with Gasteiger partial charge in [-0.25, -0.2) is 0 Å². The Labute approximate surface area is 117 Å². The zero-order valence-electron chi connectivity index (χ0n) is 12.6. The highest BCUT2D eigenvalue weighted by Crippen LogP contribution is 2.15. The van der Waals surface area contributed by atoms with Gasteiger partial charge in [0.1, 0.15) is 0 Å². The first-order chi connectivity index (χ1) is 9.08. The van der Waals surface area contributed by atoms with Gasteiger partial charge in [-0.1, -0.05) is 6.92 Å². The lowest BCUT2D eigenvalue weighted by Gasteiger charge is -2.37. The molecule has 1 fully saturated rings. The van der Waals surface area contributed by atoms with Gasteiger partial charge in [0, 0.05) is 18.6 Å². The van der Waals surface area contributed by atoms with Crippen molar-refractivity contribution in [2.45, 2.75) is 45.2 Å². The summed E-state index contributed by atoms with van der Waals surface area (Å²) in [6.45, 7) is 7.11. The fraction of sp³-hybridized carbons (Fsp3) is 0.929. The van der Waals surface area contributed by atoms with Gasteiger partial charge in [0.15, 0.2) is 0 Å². The van der Waals surface area contributed by atoms with Crippen LogP contribution >= 0.6 is 0 Å². The molecule has 0 bridgehead atoms. The van der Waals surface area contributed by atoms with Crippen molar-refractivity contribution in [2.24, 2.45) is 0 Å². The molecule has 1 atom stereocenters. The minimum Gasteiger partial charge on any atom is -0.395 e. The third kappa shape index (κ3) is 5.47. The summed E-state index contributed by atoms with van der Waals surface area (Å²) in [7, 11) is 2.11. The fourth-order valence-electron chi connectivity index (χ4n) is 2.43. The van der Waals surface area contributed by atoms with E-state index in [-0.39, 0.29) is 18.6 Å². The van der Waals surface area contributed by atoms with Crippen molar-refractivity contribution < 1.29 is 9.90 Å². The van der Waals surface area contributed by atoms with Gasteiger partial charge in [0.25, 0.3) is 0 Å². The summed E-state index contributed by atoms with van der Waals surface area (Å²) in [5, 5.41) is 12.4. The predicted octanol–water partition coefficient (Wildman–Crippen LogP) is 0.290. The van der Waals surface area contributed by atoms with Crippen LogP contribution in [0, 0.1) is 0 Å². The summed E-state index contributed by atoms with van der Waals surface area (Å²) < 4.78 is 0. The maximum absolute atomic E-state index is 12.3. The zero-order valence-corrected chi connectivity index (χ0v) is 12.6. The number of aliphatic hydroxyl groups is 1. The van der Waals surface area contributed by atoms with Crippen molar-refractivity contribution in [3.63, 3.8) is 0 Å². The molecule has 1 aliphatic heterocycles. The van der Waals surface area contributed by atoms with Gasteiger partial charge < -0.3 is 20.2 Å². The molecule has 1 amide bonds. The molecular weight excluding hydrogens is 242 g/mol. The van der Waals surface area contributed by atoms with E-state index in [0.29, 0.717) is 19.1 Å². The maximum Gasteiger partial charge on any atom is 0.236 e. The second kappa shape index (κ2) is 8.51. The Morgan fingerprint density at radius 2 is 2.11 bits per heavy atom. The number of aliphatic hydroxyl groups excluding tert-OH is 1. The first-order valence-electron chi connectivity index (χ1n) is 7.40. The Hall–Kier alpha value is -0.650. The van der Waals surface area contributed by atoms with E-state index in [1.165, 1.54) is 0 Å². The molecule has 0 aliphatic carbocycles. The molecule has 2 N–H and O–H groups in total. The minimum absolute atomic E-state index is 0.0431. The standard InChI is InChI=1S/C14H29N3O2/c1-4-12(2)15-11-14(19)17(9-10-18)13-5-7-16(3)8-6-13/h12-13,15,18H,4-11H2,1-3H3. The Morgan fingerprint density at radius 3 is 2.63 bits per heavy atom. The molecule has 1 rings (SSSR count). The second-order valence-corrected chi connectivity index (χ2v) is 5.54. The van der Waals surface area contributed by atoms with Gasteiger partial charge in [-0.15, -0.1) is 0 Å². The first kappa shape index (κ1) is 16.4. The highest BCUT2D eigenvalue weighted by atomic mass is 16.3. The highest BCUT2D eigenvalue weighted by molar-refractivity contribution is 5.78. The largest absolute Gasteiger partial charge is 0.395 e. The smallest absolute Gasteiger partial charge is 0.236 e. The number of rotatable bonds is 7. The van der Waals surface area contributed by atoms with Crippen LogP contribution in [0.2, 0.25) is 0 Å². The van der Waals surface area contributed by atoms with E-state index >= 15 is 0 Å². The topological polar surface area (TPSA) is 55.8 Å². The number of amides is 1. The van der Waals surface area contributed by atoms with Crippen LogP contribution in [0.3, 0.4) is 0 Å². The molecule has 0 aromatic rings. The molecule has 0 aromatic heterocycles. The predicted molar refractivity (Wildman–Crippen MR) is 77.1 cm³/mol. The molecule has 0 aromatic carbocycles. The molecule has 1 heterocycles. The molecule has 5 heteroatoms. The van der Waals surface area contributed by atoms with Crippen molar-refractivity contribution in [2.75, 3.05) is 39.8 Å². The molecule has 1 aliphatic rings. The normalized spacial score (nSPS) is 19.4. The molecule has 1 unspecified atom stereocenters. The molecule has 0 spiro atoms. The summed E-state index contributed by atoms with van der Waals surface area (Å²) >= 11 is 0. The van der Waals surface area contributed by atoms with Gasteiger partial charge in [0.2, 0.25) is 5.91 Å². The molecule has 1 saturated heterocycles. The second-order valence-electron chi connectivity index (χ2n) is 5.54. The number of hydrogen-bond acceptors (Lipinski definition) is 4. The van der Waals surface area contributed by atoms with E-state index in [2.05, 4.69) is 31.1 Å². The third-order valence-corrected chi connectivity index (χ3v) is 4.00. The Bertz CT molecular complexity index is 265. The summed E-state index contributed by atoms with van der Waals surface area (Å²) in [4.78, 5) is 16.4. The van der Waals surface area contributed by atoms with Gasteiger partial charge in [0.05, 0.1) is 13.2 Å². The first-order valence-corrected chi connectivity index (χ1v) is 7.40. The monoisotopic (exact) mass is 271 g/mol. The van der Waals surface area contributed by atoms with E-state index in [1.807, 2.05) is 4.90 Å². The van der Waals surface area contributed by atoms with Crippen LogP contribution in [-0.2, 0) is 4.79 Å². The number of piperidine rings is 1. The third-order valence-electron chi connectivity index (χ3n) is 4.00. The number of carbonyl (C=O) groups excluding carboxylic acids is 1. The van der Waals surface area contributed by atoms with Crippen molar-refractivity contribution in [1.29, 1.82) is 0 Å². The van der Waals surface area contributed by atoms with Crippen molar-refractivity contribution in [3.8, 4) is 0 Å². The number of likely N-dealkylation sites (tertiary alicyclic amines) is 1. The van der Waals surface area contributed by atoms with E-state index in [4.69, 9.17) is 5.11 Å². The lowest BCUT2D eigenvalue weighted by atomic mass is 10.0. The average Bonchev–Trinajstić information content (AvgIpc) is 2.43. The number of nitrogens with one attached hydrogen (secondary N) is 1. The van der Waals surface area contributed by atoms with E-state index in [9.17, 15) is 4.79 Å². The summed E-state index contributed by atoms with van der Waals surface area (Å²) in [5.41, 5.74) is 0. The van der Waals surface area contributed by atoms with Crippen molar-refractivity contribution >= 4 is 5.91 Å². The van der Waals surface area contributed by atoms with Gasteiger partial charge >= 0.3 is 0 Å². The Kier molecular flexibility index (Phi) is 7.34. The van der Waals surface area contributed by atoms with Crippen LogP contribution in [0.15, 0.2) is 0 Å². The van der Waals surface area contributed by atoms with Crippen molar-refractivity contribution in [3.05, 3.63) is 0 Å². The van der Waals surface area contributed by atoms with Crippen LogP contribution in [0.1, 0.15) is 33.1 Å². The quantitative estimate of drug-likeness (QED) is 0.699. The average molecular weight is 271 g/mol.